The van der Waals surface area contributed by atoms with Gasteiger partial charge in [-0.2, -0.15) is 5.10 Å². The smallest absolute Gasteiger partial charge is 0.241 e. The lowest BCUT2D eigenvalue weighted by molar-refractivity contribution is -0.120. The summed E-state index contributed by atoms with van der Waals surface area (Å²) >= 11 is 0. The fourth-order valence-electron chi connectivity index (χ4n) is 2.07. The lowest BCUT2D eigenvalue weighted by atomic mass is 10.2. The van der Waals surface area contributed by atoms with Crippen molar-refractivity contribution < 1.29 is 17.6 Å². The molecule has 0 saturated carbocycles. The van der Waals surface area contributed by atoms with Gasteiger partial charge in [-0.1, -0.05) is 0 Å². The van der Waals surface area contributed by atoms with Crippen molar-refractivity contribution in [3.05, 3.63) is 47.5 Å². The third-order valence-electron chi connectivity index (χ3n) is 3.46. The van der Waals surface area contributed by atoms with Crippen molar-refractivity contribution in [2.45, 2.75) is 24.8 Å². The van der Waals surface area contributed by atoms with Crippen molar-refractivity contribution in [3.8, 4) is 0 Å². The molecule has 0 unspecified atom stereocenters. The number of halogens is 1. The molecule has 1 heterocycles. The number of sulfonamides is 1. The Morgan fingerprint density at radius 2 is 2.12 bits per heavy atom. The maximum Gasteiger partial charge on any atom is 0.241 e. The number of benzene rings is 1. The van der Waals surface area contributed by atoms with Crippen molar-refractivity contribution in [1.82, 2.24) is 19.8 Å². The van der Waals surface area contributed by atoms with Gasteiger partial charge in [0, 0.05) is 18.8 Å². The van der Waals surface area contributed by atoms with Crippen molar-refractivity contribution in [3.63, 3.8) is 0 Å². The lowest BCUT2D eigenvalue weighted by Gasteiger charge is -2.13. The zero-order valence-electron chi connectivity index (χ0n) is 13.6. The average Bonchev–Trinajstić information content (AvgIpc) is 2.94. The molecule has 1 atom stereocenters. The van der Waals surface area contributed by atoms with E-state index in [1.165, 1.54) is 13.0 Å². The van der Waals surface area contributed by atoms with Crippen LogP contribution in [0.5, 0.6) is 0 Å². The number of aryl methyl sites for hydroxylation is 2. The van der Waals surface area contributed by atoms with Crippen LogP contribution in [-0.2, 0) is 21.9 Å². The van der Waals surface area contributed by atoms with Crippen LogP contribution in [0.25, 0.3) is 0 Å². The van der Waals surface area contributed by atoms with Crippen LogP contribution in [-0.4, -0.2) is 30.7 Å². The van der Waals surface area contributed by atoms with E-state index in [0.29, 0.717) is 0 Å². The summed E-state index contributed by atoms with van der Waals surface area (Å²) in [6, 6.07) is 3.15. The molecule has 2 aromatic rings. The predicted octanol–water partition coefficient (Wildman–Crippen LogP) is 1.02. The SMILES string of the molecule is Cc1cc(S(=O)(=O)NCC(=O)N[C@H](C)c2cnn(C)c2)ccc1F. The van der Waals surface area contributed by atoms with Crippen LogP contribution in [0.4, 0.5) is 4.39 Å². The molecular formula is C15H19FN4O3S. The minimum Gasteiger partial charge on any atom is -0.348 e. The molecule has 7 nitrogen and oxygen atoms in total. The molecule has 0 aliphatic heterocycles. The highest BCUT2D eigenvalue weighted by Crippen LogP contribution is 2.14. The van der Waals surface area contributed by atoms with Gasteiger partial charge in [-0.15, -0.1) is 0 Å². The molecular weight excluding hydrogens is 335 g/mol. The highest BCUT2D eigenvalue weighted by atomic mass is 32.2. The fourth-order valence-corrected chi connectivity index (χ4v) is 3.13. The van der Waals surface area contributed by atoms with Gasteiger partial charge < -0.3 is 5.32 Å². The van der Waals surface area contributed by atoms with Gasteiger partial charge in [-0.3, -0.25) is 9.48 Å². The van der Waals surface area contributed by atoms with E-state index in [1.807, 2.05) is 0 Å². The zero-order chi connectivity index (χ0) is 17.9. The number of hydrogen-bond donors (Lipinski definition) is 2. The number of hydrogen-bond acceptors (Lipinski definition) is 4. The van der Waals surface area contributed by atoms with Crippen LogP contribution in [0.3, 0.4) is 0 Å². The Kier molecular flexibility index (Phi) is 5.35. The topological polar surface area (TPSA) is 93.1 Å². The van der Waals surface area contributed by atoms with E-state index in [0.717, 1.165) is 17.7 Å². The number of nitrogens with one attached hydrogen (secondary N) is 2. The normalized spacial score (nSPS) is 12.8. The van der Waals surface area contributed by atoms with E-state index in [1.54, 1.807) is 31.0 Å². The zero-order valence-corrected chi connectivity index (χ0v) is 14.4. The second kappa shape index (κ2) is 7.10. The predicted molar refractivity (Wildman–Crippen MR) is 86.1 cm³/mol. The Hall–Kier alpha value is -2.26. The first kappa shape index (κ1) is 18.1. The second-order valence-corrected chi connectivity index (χ2v) is 7.24. The third-order valence-corrected chi connectivity index (χ3v) is 4.86. The van der Waals surface area contributed by atoms with E-state index >= 15 is 0 Å². The van der Waals surface area contributed by atoms with E-state index in [4.69, 9.17) is 0 Å². The number of amides is 1. The Balaban J connectivity index is 1.96. The number of rotatable bonds is 6. The van der Waals surface area contributed by atoms with Gasteiger partial charge in [0.15, 0.2) is 0 Å². The monoisotopic (exact) mass is 354 g/mol. The van der Waals surface area contributed by atoms with Crippen molar-refractivity contribution in [1.29, 1.82) is 0 Å². The van der Waals surface area contributed by atoms with E-state index in [9.17, 15) is 17.6 Å². The molecule has 9 heteroatoms. The summed E-state index contributed by atoms with van der Waals surface area (Å²) in [7, 11) is -2.12. The largest absolute Gasteiger partial charge is 0.348 e. The van der Waals surface area contributed by atoms with Gasteiger partial charge in [-0.05, 0) is 37.6 Å². The average molecular weight is 354 g/mol. The van der Waals surface area contributed by atoms with E-state index < -0.39 is 28.3 Å². The van der Waals surface area contributed by atoms with Gasteiger partial charge >= 0.3 is 0 Å². The molecule has 0 spiro atoms. The first-order chi connectivity index (χ1) is 11.2. The van der Waals surface area contributed by atoms with Crippen molar-refractivity contribution in [2.24, 2.45) is 7.05 Å². The standard InChI is InChI=1S/C15H19FN4O3S/c1-10-6-13(4-5-14(10)16)24(22,23)18-8-15(21)19-11(2)12-7-17-20(3)9-12/h4-7,9,11,18H,8H2,1-3H3,(H,19,21)/t11-/m1/s1. The molecule has 2 N–H and O–H groups in total. The summed E-state index contributed by atoms with van der Waals surface area (Å²) in [6.07, 6.45) is 3.38. The minimum absolute atomic E-state index is 0.0884. The van der Waals surface area contributed by atoms with Crippen LogP contribution >= 0.6 is 0 Å². The summed E-state index contributed by atoms with van der Waals surface area (Å²) in [4.78, 5) is 11.8. The van der Waals surface area contributed by atoms with E-state index in [2.05, 4.69) is 15.1 Å². The molecule has 1 aromatic carbocycles. The molecule has 0 aliphatic rings. The maximum absolute atomic E-state index is 13.2. The number of aromatic nitrogens is 2. The van der Waals surface area contributed by atoms with Gasteiger partial charge in [0.05, 0.1) is 23.7 Å². The minimum atomic E-state index is -3.88. The quantitative estimate of drug-likeness (QED) is 0.810. The number of carbonyl (C=O) groups is 1. The second-order valence-electron chi connectivity index (χ2n) is 5.47. The number of carbonyl (C=O) groups excluding carboxylic acids is 1. The highest BCUT2D eigenvalue weighted by Gasteiger charge is 2.18. The first-order valence-corrected chi connectivity index (χ1v) is 8.71. The molecule has 24 heavy (non-hydrogen) atoms. The molecule has 0 bridgehead atoms. The summed E-state index contributed by atoms with van der Waals surface area (Å²) in [5, 5.41) is 6.68. The highest BCUT2D eigenvalue weighted by molar-refractivity contribution is 7.89. The Bertz CT molecular complexity index is 848. The molecule has 0 radical (unpaired) electrons. The lowest BCUT2D eigenvalue weighted by Crippen LogP contribution is -2.38. The van der Waals surface area contributed by atoms with Crippen molar-refractivity contribution in [2.75, 3.05) is 6.54 Å². The van der Waals surface area contributed by atoms with Crippen LogP contribution in [0.1, 0.15) is 24.1 Å². The summed E-state index contributed by atoms with van der Waals surface area (Å²) in [6.45, 7) is 2.83. The summed E-state index contributed by atoms with van der Waals surface area (Å²) < 4.78 is 41.3. The van der Waals surface area contributed by atoms with Crippen molar-refractivity contribution >= 4 is 15.9 Å². The molecule has 1 aromatic heterocycles. The third kappa shape index (κ3) is 4.39. The summed E-state index contributed by atoms with van der Waals surface area (Å²) in [5.74, 6) is -0.967. The first-order valence-electron chi connectivity index (χ1n) is 7.23. The molecule has 0 aliphatic carbocycles. The van der Waals surface area contributed by atoms with E-state index in [-0.39, 0.29) is 16.5 Å². The van der Waals surface area contributed by atoms with Gasteiger partial charge in [0.2, 0.25) is 15.9 Å². The van der Waals surface area contributed by atoms with Crippen LogP contribution in [0.15, 0.2) is 35.5 Å². The Labute approximate surface area is 139 Å². The van der Waals surface area contributed by atoms with Crippen LogP contribution < -0.4 is 10.0 Å². The molecule has 0 saturated heterocycles. The Morgan fingerprint density at radius 3 is 2.71 bits per heavy atom. The fraction of sp³-hybridized carbons (Fsp3) is 0.333. The molecule has 0 fully saturated rings. The summed E-state index contributed by atoms with van der Waals surface area (Å²) in [5.41, 5.74) is 1.02. The number of nitrogens with zero attached hydrogens (tertiary/aromatic N) is 2. The van der Waals surface area contributed by atoms with Crippen LogP contribution in [0, 0.1) is 12.7 Å². The van der Waals surface area contributed by atoms with Crippen LogP contribution in [0.2, 0.25) is 0 Å². The van der Waals surface area contributed by atoms with Gasteiger partial charge in [-0.25, -0.2) is 17.5 Å². The molecule has 1 amide bonds. The molecule has 2 rings (SSSR count). The van der Waals surface area contributed by atoms with Gasteiger partial charge in [0.1, 0.15) is 5.82 Å². The Morgan fingerprint density at radius 1 is 1.42 bits per heavy atom. The van der Waals surface area contributed by atoms with Gasteiger partial charge in [0.25, 0.3) is 0 Å². The molecule has 130 valence electrons. The maximum atomic E-state index is 13.2.